The van der Waals surface area contributed by atoms with Crippen LogP contribution in [0.4, 0.5) is 0 Å². The van der Waals surface area contributed by atoms with Crippen LogP contribution in [0.2, 0.25) is 0 Å². The molecule has 0 bridgehead atoms. The van der Waals surface area contributed by atoms with Gasteiger partial charge in [0.15, 0.2) is 23.3 Å². The van der Waals surface area contributed by atoms with Crippen LogP contribution in [0.1, 0.15) is 56.6 Å². The van der Waals surface area contributed by atoms with E-state index in [0.717, 1.165) is 68.7 Å². The van der Waals surface area contributed by atoms with Crippen LogP contribution in [0.25, 0.3) is 73.4 Å². The van der Waals surface area contributed by atoms with Gasteiger partial charge in [-0.25, -0.2) is 24.9 Å². The maximum absolute atomic E-state index is 14.5. The van der Waals surface area contributed by atoms with Crippen LogP contribution in [-0.2, 0) is 5.41 Å². The lowest BCUT2D eigenvalue weighted by Crippen LogP contribution is -2.26. The molecule has 0 saturated heterocycles. The molecular formula is C59H39N7O. The summed E-state index contributed by atoms with van der Waals surface area (Å²) in [4.78, 5) is 38.6. The summed E-state index contributed by atoms with van der Waals surface area (Å²) in [6.07, 6.45) is 19.5. The average molecular weight is 862 g/mol. The largest absolute Gasteiger partial charge is 0.306 e. The van der Waals surface area contributed by atoms with Crippen molar-refractivity contribution in [3.63, 3.8) is 0 Å². The van der Waals surface area contributed by atoms with E-state index in [0.29, 0.717) is 28.6 Å². The summed E-state index contributed by atoms with van der Waals surface area (Å²) in [6.45, 7) is 0. The Bertz CT molecular complexity index is 3480. The standard InChI is InChI=1S/C59H39N7O/c67-55(40-16-14-39(15-17-40)38-8-2-1-3-9-38)43-22-28-49-50-29-23-44(35-54(50)59(53(49)34-43)51-12-6-4-10-47(51)48-11-5-7-13-52(48)59)58-63-56(41-18-24-45(25-19-41)65-32-30-60-36-65)62-57(64-58)42-20-26-46(27-21-42)66-33-31-61-37-66/h1-2,4-8,10-37H,3,9H2. The third-order valence-electron chi connectivity index (χ3n) is 13.6. The van der Waals surface area contributed by atoms with Crippen molar-refractivity contribution in [1.29, 1.82) is 0 Å². The minimum absolute atomic E-state index is 0.000376. The van der Waals surface area contributed by atoms with E-state index in [4.69, 9.17) is 15.0 Å². The number of nitrogens with zero attached hydrogens (tertiary/aromatic N) is 7. The fourth-order valence-electron chi connectivity index (χ4n) is 10.4. The third kappa shape index (κ3) is 6.21. The van der Waals surface area contributed by atoms with Crippen molar-refractivity contribution in [2.75, 3.05) is 0 Å². The molecule has 0 radical (unpaired) electrons. The topological polar surface area (TPSA) is 91.4 Å². The molecule has 0 fully saturated rings. The van der Waals surface area contributed by atoms with Gasteiger partial charge in [0.1, 0.15) is 0 Å². The maximum Gasteiger partial charge on any atom is 0.193 e. The summed E-state index contributed by atoms with van der Waals surface area (Å²) in [5.74, 6) is 1.69. The minimum Gasteiger partial charge on any atom is -0.306 e. The van der Waals surface area contributed by atoms with Crippen molar-refractivity contribution in [1.82, 2.24) is 34.1 Å². The van der Waals surface area contributed by atoms with E-state index in [2.05, 4.69) is 119 Å². The highest BCUT2D eigenvalue weighted by molar-refractivity contribution is 6.10. The molecule has 8 nitrogen and oxygen atoms in total. The van der Waals surface area contributed by atoms with Crippen molar-refractivity contribution in [3.05, 3.63) is 252 Å². The number of aromatic nitrogens is 7. The SMILES string of the molecule is O=C(c1ccc(C2=CC=CCC2)cc1)c1ccc2c(c1)C1(c3ccccc3-c3ccccc31)c1cc(-c3nc(-c4ccc(-n5ccnc5)cc4)nc(-c4ccc(-n5ccnc5)cc4)n3)ccc1-2. The molecule has 0 N–H and O–H groups in total. The van der Waals surface area contributed by atoms with Gasteiger partial charge in [0.05, 0.1) is 18.1 Å². The lowest BCUT2D eigenvalue weighted by molar-refractivity contribution is 0.103. The van der Waals surface area contributed by atoms with Gasteiger partial charge in [-0.05, 0) is 129 Å². The van der Waals surface area contributed by atoms with E-state index in [-0.39, 0.29) is 5.78 Å². The molecule has 3 aliphatic carbocycles. The second-order valence-corrected chi connectivity index (χ2v) is 17.3. The molecule has 0 atom stereocenters. The first-order valence-electron chi connectivity index (χ1n) is 22.5. The van der Waals surface area contributed by atoms with Gasteiger partial charge in [-0.1, -0.05) is 115 Å². The van der Waals surface area contributed by atoms with Crippen molar-refractivity contribution in [2.24, 2.45) is 0 Å². The Kier molecular flexibility index (Phi) is 8.86. The molecule has 3 aromatic heterocycles. The van der Waals surface area contributed by atoms with E-state index in [1.807, 2.05) is 88.3 Å². The molecule has 8 heteroatoms. The van der Waals surface area contributed by atoms with Crippen molar-refractivity contribution < 1.29 is 4.79 Å². The summed E-state index contributed by atoms with van der Waals surface area (Å²) in [7, 11) is 0. The van der Waals surface area contributed by atoms with Gasteiger partial charge >= 0.3 is 0 Å². The maximum atomic E-state index is 14.5. The Morgan fingerprint density at radius 3 is 1.52 bits per heavy atom. The molecule has 13 rings (SSSR count). The predicted molar refractivity (Wildman–Crippen MR) is 263 cm³/mol. The number of carbonyl (C=O) groups excluding carboxylic acids is 1. The molecule has 3 heterocycles. The van der Waals surface area contributed by atoms with Crippen LogP contribution in [-0.4, -0.2) is 39.8 Å². The van der Waals surface area contributed by atoms with Gasteiger partial charge in [-0.3, -0.25) is 4.79 Å². The van der Waals surface area contributed by atoms with Crippen LogP contribution < -0.4 is 0 Å². The summed E-state index contributed by atoms with van der Waals surface area (Å²) in [6, 6.07) is 54.8. The highest BCUT2D eigenvalue weighted by atomic mass is 16.1. The van der Waals surface area contributed by atoms with Gasteiger partial charge < -0.3 is 9.13 Å². The second-order valence-electron chi connectivity index (χ2n) is 17.3. The highest BCUT2D eigenvalue weighted by Gasteiger charge is 2.52. The summed E-state index contributed by atoms with van der Waals surface area (Å²) >= 11 is 0. The summed E-state index contributed by atoms with van der Waals surface area (Å²) < 4.78 is 3.94. The van der Waals surface area contributed by atoms with Gasteiger partial charge in [0.25, 0.3) is 0 Å². The quantitative estimate of drug-likeness (QED) is 0.141. The summed E-state index contributed by atoms with van der Waals surface area (Å²) in [5.41, 5.74) is 16.8. The molecule has 316 valence electrons. The molecule has 10 aromatic rings. The zero-order chi connectivity index (χ0) is 44.5. The smallest absolute Gasteiger partial charge is 0.193 e. The van der Waals surface area contributed by atoms with E-state index < -0.39 is 5.41 Å². The van der Waals surface area contributed by atoms with Crippen LogP contribution >= 0.6 is 0 Å². The van der Waals surface area contributed by atoms with Gasteiger partial charge in [-0.2, -0.15) is 0 Å². The number of benzene rings is 7. The number of hydrogen-bond acceptors (Lipinski definition) is 6. The second kappa shape index (κ2) is 15.4. The molecule has 0 saturated carbocycles. The first-order valence-corrected chi connectivity index (χ1v) is 22.5. The lowest BCUT2D eigenvalue weighted by Gasteiger charge is -2.31. The van der Waals surface area contributed by atoms with Gasteiger partial charge in [0.2, 0.25) is 0 Å². The Balaban J connectivity index is 0.967. The average Bonchev–Trinajstić information content (AvgIpc) is 4.24. The fourth-order valence-corrected chi connectivity index (χ4v) is 10.4. The summed E-state index contributed by atoms with van der Waals surface area (Å²) in [5, 5.41) is 0. The molecule has 0 unspecified atom stereocenters. The Labute approximate surface area is 387 Å². The fraction of sp³-hybridized carbons (Fsp3) is 0.0508. The van der Waals surface area contributed by atoms with Crippen LogP contribution in [0.15, 0.2) is 213 Å². The molecule has 7 aromatic carbocycles. The number of rotatable bonds is 8. The van der Waals surface area contributed by atoms with E-state index >= 15 is 0 Å². The van der Waals surface area contributed by atoms with Gasteiger partial charge in [0, 0.05) is 64.0 Å². The van der Waals surface area contributed by atoms with Crippen LogP contribution in [0, 0.1) is 0 Å². The Hall–Kier alpha value is -8.88. The van der Waals surface area contributed by atoms with E-state index in [1.54, 1.807) is 25.0 Å². The van der Waals surface area contributed by atoms with E-state index in [9.17, 15) is 4.79 Å². The number of hydrogen-bond donors (Lipinski definition) is 0. The van der Waals surface area contributed by atoms with Crippen molar-refractivity contribution >= 4 is 11.4 Å². The Morgan fingerprint density at radius 1 is 0.478 bits per heavy atom. The third-order valence-corrected chi connectivity index (χ3v) is 13.6. The van der Waals surface area contributed by atoms with E-state index in [1.165, 1.54) is 27.8 Å². The predicted octanol–water partition coefficient (Wildman–Crippen LogP) is 12.6. The zero-order valence-corrected chi connectivity index (χ0v) is 36.2. The Morgan fingerprint density at radius 2 is 0.970 bits per heavy atom. The number of fused-ring (bicyclic) bond motifs is 10. The van der Waals surface area contributed by atoms with Crippen molar-refractivity contribution in [3.8, 4) is 67.8 Å². The monoisotopic (exact) mass is 861 g/mol. The van der Waals surface area contributed by atoms with Crippen LogP contribution in [0.3, 0.4) is 0 Å². The molecule has 1 spiro atoms. The number of imidazole rings is 2. The number of carbonyl (C=O) groups is 1. The normalized spacial score (nSPS) is 13.8. The minimum atomic E-state index is -0.708. The highest BCUT2D eigenvalue weighted by Crippen LogP contribution is 2.63. The zero-order valence-electron chi connectivity index (χ0n) is 36.2. The van der Waals surface area contributed by atoms with Crippen LogP contribution in [0.5, 0.6) is 0 Å². The first-order chi connectivity index (χ1) is 33.1. The molecule has 0 aliphatic heterocycles. The molecular weight excluding hydrogens is 823 g/mol. The molecule has 0 amide bonds. The number of allylic oxidation sites excluding steroid dienone is 4. The molecule has 67 heavy (non-hydrogen) atoms. The first kappa shape index (κ1) is 38.6. The number of ketones is 1. The molecule has 3 aliphatic rings. The lowest BCUT2D eigenvalue weighted by atomic mass is 9.70. The van der Waals surface area contributed by atoms with Crippen molar-refractivity contribution in [2.45, 2.75) is 18.3 Å². The van der Waals surface area contributed by atoms with Gasteiger partial charge in [-0.15, -0.1) is 0 Å².